The first-order valence-electron chi connectivity index (χ1n) is 7.34. The lowest BCUT2D eigenvalue weighted by molar-refractivity contribution is -0.385. The number of halogens is 3. The monoisotopic (exact) mass is 341 g/mol. The molecule has 1 heterocycles. The molecule has 0 saturated carbocycles. The Balaban J connectivity index is 1.84. The molecule has 128 valence electrons. The number of ether oxygens (including phenoxy) is 1. The molecular weight excluding hydrogens is 327 g/mol. The molecule has 9 heteroatoms. The van der Waals surface area contributed by atoms with Gasteiger partial charge in [0.1, 0.15) is 0 Å². The zero-order valence-electron chi connectivity index (χ0n) is 12.5. The maximum atomic E-state index is 13.1. The maximum absolute atomic E-state index is 13.1. The number of hydrogen-bond acceptors (Lipinski definition) is 4. The van der Waals surface area contributed by atoms with Gasteiger partial charge in [-0.25, -0.2) is 0 Å². The number of nitrogens with zero attached hydrogens (tertiary/aromatic N) is 2. The minimum atomic E-state index is -4.60. The van der Waals surface area contributed by atoms with E-state index in [0.29, 0.717) is 6.42 Å². The smallest absolute Gasteiger partial charge is 0.367 e. The number of benzene rings is 1. The fraction of sp³-hybridized carbons (Fsp3) is 0.400. The number of aromatic amines is 1. The van der Waals surface area contributed by atoms with E-state index < -0.39 is 28.5 Å². The van der Waals surface area contributed by atoms with Crippen molar-refractivity contribution in [2.45, 2.75) is 38.1 Å². The van der Waals surface area contributed by atoms with Gasteiger partial charge in [0.2, 0.25) is 0 Å². The van der Waals surface area contributed by atoms with Crippen LogP contribution in [0.1, 0.15) is 41.3 Å². The predicted octanol–water partition coefficient (Wildman–Crippen LogP) is 3.93. The molecule has 24 heavy (non-hydrogen) atoms. The van der Waals surface area contributed by atoms with Gasteiger partial charge in [-0.1, -0.05) is 0 Å². The van der Waals surface area contributed by atoms with Crippen molar-refractivity contribution in [2.75, 3.05) is 0 Å². The Morgan fingerprint density at radius 2 is 2.21 bits per heavy atom. The Morgan fingerprint density at radius 1 is 1.42 bits per heavy atom. The van der Waals surface area contributed by atoms with Gasteiger partial charge in [0.25, 0.3) is 5.69 Å². The van der Waals surface area contributed by atoms with E-state index in [9.17, 15) is 23.3 Å². The number of fused-ring (bicyclic) bond motifs is 1. The molecule has 1 N–H and O–H groups in total. The molecule has 0 spiro atoms. The van der Waals surface area contributed by atoms with Gasteiger partial charge in [0, 0.05) is 12.1 Å². The van der Waals surface area contributed by atoms with E-state index in [0.717, 1.165) is 42.3 Å². The van der Waals surface area contributed by atoms with Gasteiger partial charge >= 0.3 is 6.18 Å². The molecule has 1 aliphatic rings. The van der Waals surface area contributed by atoms with E-state index in [1.165, 1.54) is 0 Å². The summed E-state index contributed by atoms with van der Waals surface area (Å²) in [5, 5.41) is 17.6. The predicted molar refractivity (Wildman–Crippen MR) is 77.2 cm³/mol. The van der Waals surface area contributed by atoms with Crippen LogP contribution in [0, 0.1) is 10.1 Å². The summed E-state index contributed by atoms with van der Waals surface area (Å²) in [7, 11) is 0. The lowest BCUT2D eigenvalue weighted by atomic mass is 9.95. The summed E-state index contributed by atoms with van der Waals surface area (Å²) in [5.74, 6) is 0. The minimum absolute atomic E-state index is 0.247. The molecule has 0 radical (unpaired) electrons. The molecule has 0 amide bonds. The number of aromatic nitrogens is 2. The summed E-state index contributed by atoms with van der Waals surface area (Å²) >= 11 is 0. The van der Waals surface area contributed by atoms with Crippen molar-refractivity contribution < 1.29 is 22.8 Å². The zero-order chi connectivity index (χ0) is 17.3. The number of hydrogen-bond donors (Lipinski definition) is 1. The molecule has 1 aromatic carbocycles. The molecular formula is C15H14F3N3O3. The lowest BCUT2D eigenvalue weighted by Gasteiger charge is -2.23. The number of aryl methyl sites for hydroxylation is 1. The van der Waals surface area contributed by atoms with Crippen LogP contribution < -0.4 is 0 Å². The summed E-state index contributed by atoms with van der Waals surface area (Å²) in [6, 6.07) is 2.48. The fourth-order valence-corrected chi connectivity index (χ4v) is 2.87. The Kier molecular flexibility index (Phi) is 4.27. The van der Waals surface area contributed by atoms with Gasteiger partial charge in [0.05, 0.1) is 35.1 Å². The van der Waals surface area contributed by atoms with E-state index in [-0.39, 0.29) is 12.2 Å². The van der Waals surface area contributed by atoms with Gasteiger partial charge in [-0.05, 0) is 36.5 Å². The first-order chi connectivity index (χ1) is 11.4. The Morgan fingerprint density at radius 3 is 2.92 bits per heavy atom. The van der Waals surface area contributed by atoms with Crippen LogP contribution in [0.5, 0.6) is 0 Å². The average Bonchev–Trinajstić information content (AvgIpc) is 3.00. The van der Waals surface area contributed by atoms with Gasteiger partial charge < -0.3 is 4.74 Å². The minimum Gasteiger partial charge on any atom is -0.367 e. The second-order valence-electron chi connectivity index (χ2n) is 5.60. The third-order valence-electron chi connectivity index (χ3n) is 4.03. The summed E-state index contributed by atoms with van der Waals surface area (Å²) < 4.78 is 44.9. The summed E-state index contributed by atoms with van der Waals surface area (Å²) in [6.45, 7) is -0.361. The molecule has 1 unspecified atom stereocenters. The third kappa shape index (κ3) is 3.25. The van der Waals surface area contributed by atoms with Crippen molar-refractivity contribution in [3.8, 4) is 0 Å². The van der Waals surface area contributed by atoms with Crippen molar-refractivity contribution in [3.05, 3.63) is 56.9 Å². The summed E-state index contributed by atoms with van der Waals surface area (Å²) in [4.78, 5) is 10.1. The van der Waals surface area contributed by atoms with Crippen molar-refractivity contribution in [1.82, 2.24) is 10.2 Å². The Labute approximate surface area is 134 Å². The van der Waals surface area contributed by atoms with Gasteiger partial charge in [-0.15, -0.1) is 0 Å². The second-order valence-corrected chi connectivity index (χ2v) is 5.60. The molecule has 0 saturated heterocycles. The van der Waals surface area contributed by atoms with E-state index in [4.69, 9.17) is 4.74 Å². The fourth-order valence-electron chi connectivity index (χ4n) is 2.87. The molecule has 2 aromatic rings. The number of nitrogens with one attached hydrogen (secondary N) is 1. The quantitative estimate of drug-likeness (QED) is 0.675. The highest BCUT2D eigenvalue weighted by atomic mass is 19.4. The number of rotatable bonds is 4. The van der Waals surface area contributed by atoms with Crippen molar-refractivity contribution in [2.24, 2.45) is 0 Å². The average molecular weight is 341 g/mol. The topological polar surface area (TPSA) is 81.1 Å². The number of nitro benzene ring substituents is 1. The molecule has 0 aliphatic heterocycles. The van der Waals surface area contributed by atoms with Crippen LogP contribution in [0.25, 0.3) is 0 Å². The van der Waals surface area contributed by atoms with Crippen LogP contribution in [-0.4, -0.2) is 15.1 Å². The molecule has 6 nitrogen and oxygen atoms in total. The highest BCUT2D eigenvalue weighted by molar-refractivity contribution is 5.41. The normalized spacial score (nSPS) is 17.5. The van der Waals surface area contributed by atoms with Crippen molar-refractivity contribution in [1.29, 1.82) is 0 Å². The molecule has 1 atom stereocenters. The summed E-state index contributed by atoms with van der Waals surface area (Å²) in [5.41, 5.74) is 0.186. The Bertz CT molecular complexity index is 758. The van der Waals surface area contributed by atoms with E-state index in [1.807, 2.05) is 0 Å². The highest BCUT2D eigenvalue weighted by Gasteiger charge is 2.34. The van der Waals surface area contributed by atoms with E-state index in [1.54, 1.807) is 6.20 Å². The molecule has 1 aromatic heterocycles. The molecule has 0 fully saturated rings. The van der Waals surface area contributed by atoms with Crippen LogP contribution in [-0.2, 0) is 23.9 Å². The van der Waals surface area contributed by atoms with E-state index >= 15 is 0 Å². The highest BCUT2D eigenvalue weighted by Crippen LogP contribution is 2.36. The zero-order valence-corrected chi connectivity index (χ0v) is 12.5. The second kappa shape index (κ2) is 6.23. The molecule has 3 rings (SSSR count). The Hall–Kier alpha value is -2.42. The summed E-state index contributed by atoms with van der Waals surface area (Å²) in [6.07, 6.45) is -0.963. The first kappa shape index (κ1) is 16.4. The SMILES string of the molecule is O=[N+]([O-])c1ccc(C(F)(F)F)c(COC2CCCc3cn[nH]c32)c1. The van der Waals surface area contributed by atoms with Crippen LogP contribution in [0.4, 0.5) is 18.9 Å². The molecule has 0 bridgehead atoms. The third-order valence-corrected chi connectivity index (χ3v) is 4.03. The lowest BCUT2D eigenvalue weighted by Crippen LogP contribution is -2.15. The van der Waals surface area contributed by atoms with Crippen molar-refractivity contribution in [3.63, 3.8) is 0 Å². The number of nitro groups is 1. The van der Waals surface area contributed by atoms with Gasteiger partial charge in [-0.2, -0.15) is 18.3 Å². The van der Waals surface area contributed by atoms with Crippen molar-refractivity contribution >= 4 is 5.69 Å². The maximum Gasteiger partial charge on any atom is 0.416 e. The van der Waals surface area contributed by atoms with E-state index in [2.05, 4.69) is 10.2 Å². The van der Waals surface area contributed by atoms with Crippen LogP contribution in [0.3, 0.4) is 0 Å². The van der Waals surface area contributed by atoms with Gasteiger partial charge in [-0.3, -0.25) is 15.2 Å². The van der Waals surface area contributed by atoms with Crippen LogP contribution >= 0.6 is 0 Å². The number of alkyl halides is 3. The van der Waals surface area contributed by atoms with Crippen LogP contribution in [0.2, 0.25) is 0 Å². The largest absolute Gasteiger partial charge is 0.416 e. The number of non-ortho nitro benzene ring substituents is 1. The first-order valence-corrected chi connectivity index (χ1v) is 7.34. The van der Waals surface area contributed by atoms with Gasteiger partial charge in [0.15, 0.2) is 0 Å². The standard InChI is InChI=1S/C15H14F3N3O3/c16-15(17,18)12-5-4-11(21(22)23)6-10(12)8-24-13-3-1-2-9-7-19-20-14(9)13/h4-7,13H,1-3,8H2,(H,19,20). The molecule has 1 aliphatic carbocycles. The number of H-pyrrole nitrogens is 1. The van der Waals surface area contributed by atoms with Crippen LogP contribution in [0.15, 0.2) is 24.4 Å².